The topological polar surface area (TPSA) is 59.5 Å². The van der Waals surface area contributed by atoms with E-state index in [4.69, 9.17) is 4.74 Å². The van der Waals surface area contributed by atoms with Crippen molar-refractivity contribution in [1.82, 2.24) is 9.88 Å². The first-order valence-electron chi connectivity index (χ1n) is 7.09. The largest absolute Gasteiger partial charge is 0.444 e. The number of carbonyl (C=O) groups excluding carboxylic acids is 1. The summed E-state index contributed by atoms with van der Waals surface area (Å²) in [4.78, 5) is 17.7. The van der Waals surface area contributed by atoms with Crippen molar-refractivity contribution in [3.05, 3.63) is 30.1 Å². The highest BCUT2D eigenvalue weighted by Crippen LogP contribution is 2.20. The molecule has 0 bridgehead atoms. The zero-order valence-electron chi connectivity index (χ0n) is 12.7. The van der Waals surface area contributed by atoms with Gasteiger partial charge in [-0.3, -0.25) is 9.19 Å². The number of rotatable bonds is 3. The summed E-state index contributed by atoms with van der Waals surface area (Å²) >= 11 is 0. The van der Waals surface area contributed by atoms with Gasteiger partial charge in [-0.05, 0) is 38.8 Å². The van der Waals surface area contributed by atoms with Crippen LogP contribution in [0.3, 0.4) is 0 Å². The van der Waals surface area contributed by atoms with Gasteiger partial charge in [0.1, 0.15) is 5.60 Å². The maximum atomic E-state index is 12.4. The third-order valence-electron chi connectivity index (χ3n) is 3.20. The number of nitrogens with zero attached hydrogens (tertiary/aromatic N) is 2. The molecule has 2 atom stereocenters. The lowest BCUT2D eigenvalue weighted by atomic mass is 10.2. The van der Waals surface area contributed by atoms with Crippen molar-refractivity contribution in [2.45, 2.75) is 43.8 Å². The third kappa shape index (κ3) is 4.81. The van der Waals surface area contributed by atoms with Crippen LogP contribution in [0.1, 0.15) is 32.8 Å². The van der Waals surface area contributed by atoms with Gasteiger partial charge in [-0.1, -0.05) is 6.07 Å². The maximum Gasteiger partial charge on any atom is 0.410 e. The number of hydrogen-bond acceptors (Lipinski definition) is 4. The lowest BCUT2D eigenvalue weighted by molar-refractivity contribution is 0.0295. The van der Waals surface area contributed by atoms with Gasteiger partial charge in [0.2, 0.25) is 0 Å². The van der Waals surface area contributed by atoms with Gasteiger partial charge in [0, 0.05) is 36.3 Å². The van der Waals surface area contributed by atoms with E-state index in [1.54, 1.807) is 17.3 Å². The van der Waals surface area contributed by atoms with E-state index in [1.165, 1.54) is 0 Å². The monoisotopic (exact) mass is 310 g/mol. The molecule has 0 N–H and O–H groups in total. The molecular formula is C15H22N2O3S. The van der Waals surface area contributed by atoms with E-state index in [2.05, 4.69) is 4.98 Å². The van der Waals surface area contributed by atoms with Gasteiger partial charge >= 0.3 is 6.09 Å². The second-order valence-corrected chi connectivity index (χ2v) is 7.94. The first kappa shape index (κ1) is 15.9. The number of likely N-dealkylation sites (tertiary alicyclic amines) is 1. The van der Waals surface area contributed by atoms with Gasteiger partial charge in [0.15, 0.2) is 0 Å². The van der Waals surface area contributed by atoms with Crippen molar-refractivity contribution >= 4 is 16.9 Å². The summed E-state index contributed by atoms with van der Waals surface area (Å²) in [6.07, 6.45) is 3.87. The van der Waals surface area contributed by atoms with Gasteiger partial charge < -0.3 is 9.64 Å². The molecule has 116 valence electrons. The minimum absolute atomic E-state index is 0.0118. The summed E-state index contributed by atoms with van der Waals surface area (Å²) < 4.78 is 17.7. The zero-order chi connectivity index (χ0) is 15.5. The standard InChI is InChI=1S/C15H22N2O3S/c1-15(2,3)20-14(18)17-8-6-13(10-17)21(19)11-12-5-4-7-16-9-12/h4-5,7,9,13H,6,8,10-11H2,1-3H3/t13-,21-/m1/s1. The summed E-state index contributed by atoms with van der Waals surface area (Å²) in [5.74, 6) is 0.487. The molecule has 21 heavy (non-hydrogen) atoms. The van der Waals surface area contributed by atoms with Crippen molar-refractivity contribution in [1.29, 1.82) is 0 Å². The first-order valence-corrected chi connectivity index (χ1v) is 8.47. The zero-order valence-corrected chi connectivity index (χ0v) is 13.6. The number of ether oxygens (including phenoxy) is 1. The van der Waals surface area contributed by atoms with Crippen LogP contribution in [-0.2, 0) is 21.3 Å². The molecule has 2 heterocycles. The second-order valence-electron chi connectivity index (χ2n) is 6.22. The summed E-state index contributed by atoms with van der Waals surface area (Å²) in [6, 6.07) is 3.76. The Morgan fingerprint density at radius 1 is 1.52 bits per heavy atom. The summed E-state index contributed by atoms with van der Waals surface area (Å²) in [5.41, 5.74) is 0.468. The Bertz CT molecular complexity index is 513. The quantitative estimate of drug-likeness (QED) is 0.860. The van der Waals surface area contributed by atoms with Gasteiger partial charge in [0.05, 0.1) is 11.0 Å². The first-order chi connectivity index (χ1) is 9.85. The van der Waals surface area contributed by atoms with E-state index in [1.807, 2.05) is 32.9 Å². The molecule has 1 amide bonds. The minimum atomic E-state index is -0.996. The molecule has 0 saturated carbocycles. The van der Waals surface area contributed by atoms with E-state index in [0.29, 0.717) is 18.8 Å². The molecule has 1 fully saturated rings. The summed E-state index contributed by atoms with van der Waals surface area (Å²) in [6.45, 7) is 6.65. The van der Waals surface area contributed by atoms with E-state index in [9.17, 15) is 9.00 Å². The van der Waals surface area contributed by atoms with Crippen molar-refractivity contribution in [2.24, 2.45) is 0 Å². The van der Waals surface area contributed by atoms with Crippen LogP contribution < -0.4 is 0 Å². The fraction of sp³-hybridized carbons (Fsp3) is 0.600. The van der Waals surface area contributed by atoms with Gasteiger partial charge in [0.25, 0.3) is 0 Å². The van der Waals surface area contributed by atoms with Gasteiger partial charge in [-0.2, -0.15) is 0 Å². The fourth-order valence-corrected chi connectivity index (χ4v) is 3.65. The van der Waals surface area contributed by atoms with E-state index >= 15 is 0 Å². The van der Waals surface area contributed by atoms with Crippen LogP contribution in [0, 0.1) is 0 Å². The van der Waals surface area contributed by atoms with Crippen LogP contribution in [0.25, 0.3) is 0 Å². The van der Waals surface area contributed by atoms with Crippen molar-refractivity contribution in [2.75, 3.05) is 13.1 Å². The molecule has 1 aliphatic rings. The Kier molecular flexibility index (Phi) is 4.98. The van der Waals surface area contributed by atoms with Crippen LogP contribution in [-0.4, -0.2) is 44.1 Å². The molecule has 5 nitrogen and oxygen atoms in total. The Morgan fingerprint density at radius 2 is 2.29 bits per heavy atom. The molecule has 0 aromatic carbocycles. The average molecular weight is 310 g/mol. The number of amides is 1. The second kappa shape index (κ2) is 6.56. The Hall–Kier alpha value is -1.43. The van der Waals surface area contributed by atoms with Gasteiger partial charge in [-0.15, -0.1) is 0 Å². The van der Waals surface area contributed by atoms with Crippen LogP contribution in [0.2, 0.25) is 0 Å². The highest BCUT2D eigenvalue weighted by molar-refractivity contribution is 7.84. The minimum Gasteiger partial charge on any atom is -0.444 e. The molecule has 0 radical (unpaired) electrons. The van der Waals surface area contributed by atoms with E-state index in [0.717, 1.165) is 12.0 Å². The lowest BCUT2D eigenvalue weighted by Crippen LogP contribution is -2.36. The smallest absolute Gasteiger partial charge is 0.410 e. The van der Waals surface area contributed by atoms with Crippen molar-refractivity contribution in [3.63, 3.8) is 0 Å². The molecular weight excluding hydrogens is 288 g/mol. The van der Waals surface area contributed by atoms with Crippen molar-refractivity contribution < 1.29 is 13.7 Å². The third-order valence-corrected chi connectivity index (χ3v) is 4.95. The number of carbonyl (C=O) groups is 1. The van der Waals surface area contributed by atoms with Crippen LogP contribution in [0.4, 0.5) is 4.79 Å². The normalized spacial score (nSPS) is 20.3. The molecule has 1 saturated heterocycles. The molecule has 0 aliphatic carbocycles. The Balaban J connectivity index is 1.87. The summed E-state index contributed by atoms with van der Waals surface area (Å²) in [5, 5.41) is 0.0118. The van der Waals surface area contributed by atoms with E-state index in [-0.39, 0.29) is 11.3 Å². The molecule has 1 aliphatic heterocycles. The number of pyridine rings is 1. The van der Waals surface area contributed by atoms with Crippen LogP contribution in [0.15, 0.2) is 24.5 Å². The predicted molar refractivity (Wildman–Crippen MR) is 82.3 cm³/mol. The SMILES string of the molecule is CC(C)(C)OC(=O)N1CC[C@@H]([S@](=O)Cc2cccnc2)C1. The van der Waals surface area contributed by atoms with Crippen LogP contribution in [0.5, 0.6) is 0 Å². The molecule has 2 rings (SSSR count). The number of hydrogen-bond donors (Lipinski definition) is 0. The maximum absolute atomic E-state index is 12.4. The lowest BCUT2D eigenvalue weighted by Gasteiger charge is -2.24. The highest BCUT2D eigenvalue weighted by Gasteiger charge is 2.32. The fourth-order valence-electron chi connectivity index (χ4n) is 2.20. The summed E-state index contributed by atoms with van der Waals surface area (Å²) in [7, 11) is -0.996. The highest BCUT2D eigenvalue weighted by atomic mass is 32.2. The molecule has 0 spiro atoms. The Morgan fingerprint density at radius 3 is 2.90 bits per heavy atom. The predicted octanol–water partition coefficient (Wildman–Crippen LogP) is 2.34. The van der Waals surface area contributed by atoms with Crippen LogP contribution >= 0.6 is 0 Å². The molecule has 1 aromatic heterocycles. The molecule has 0 unspecified atom stereocenters. The molecule has 6 heteroatoms. The number of aromatic nitrogens is 1. The van der Waals surface area contributed by atoms with Crippen molar-refractivity contribution in [3.8, 4) is 0 Å². The van der Waals surface area contributed by atoms with E-state index < -0.39 is 16.4 Å². The molecule has 1 aromatic rings. The van der Waals surface area contributed by atoms with Gasteiger partial charge in [-0.25, -0.2) is 4.79 Å². The Labute approximate surface area is 128 Å². The average Bonchev–Trinajstić information content (AvgIpc) is 2.87.